The Bertz CT molecular complexity index is 450. The molecule has 3 rings (SSSR count). The third-order valence-corrected chi connectivity index (χ3v) is 5.76. The van der Waals surface area contributed by atoms with Crippen LogP contribution in [0.4, 0.5) is 5.82 Å². The van der Waals surface area contributed by atoms with Crippen molar-refractivity contribution in [2.75, 3.05) is 4.90 Å². The Balaban J connectivity index is 1.89. The van der Waals surface area contributed by atoms with Crippen molar-refractivity contribution in [2.24, 2.45) is 0 Å². The number of rotatable bonds is 3. The summed E-state index contributed by atoms with van der Waals surface area (Å²) in [6.07, 6.45) is 15.3. The summed E-state index contributed by atoms with van der Waals surface area (Å²) in [5.41, 5.74) is 0. The molecule has 0 saturated heterocycles. The van der Waals surface area contributed by atoms with Crippen molar-refractivity contribution in [3.05, 3.63) is 21.8 Å². The van der Waals surface area contributed by atoms with E-state index in [0.717, 1.165) is 10.3 Å². The highest BCUT2D eigenvalue weighted by atomic mass is 79.9. The van der Waals surface area contributed by atoms with E-state index in [2.05, 4.69) is 25.8 Å². The third kappa shape index (κ3) is 3.73. The van der Waals surface area contributed by atoms with E-state index in [4.69, 9.17) is 11.6 Å². The summed E-state index contributed by atoms with van der Waals surface area (Å²) in [5, 5.41) is 0.706. The predicted octanol–water partition coefficient (Wildman–Crippen LogP) is 5.97. The largest absolute Gasteiger partial charge is 0.350 e. The van der Waals surface area contributed by atoms with E-state index in [1.165, 1.54) is 64.2 Å². The molecule has 2 aliphatic carbocycles. The van der Waals surface area contributed by atoms with Crippen LogP contribution >= 0.6 is 27.5 Å². The van der Waals surface area contributed by atoms with Crippen LogP contribution in [-0.2, 0) is 0 Å². The molecule has 2 fully saturated rings. The highest BCUT2D eigenvalue weighted by Gasteiger charge is 2.30. The molecule has 0 atom stereocenters. The number of pyridine rings is 1. The zero-order valence-electron chi connectivity index (χ0n) is 12.5. The van der Waals surface area contributed by atoms with Crippen molar-refractivity contribution in [3.63, 3.8) is 0 Å². The van der Waals surface area contributed by atoms with Crippen LogP contribution in [0.15, 0.2) is 16.7 Å². The van der Waals surface area contributed by atoms with Crippen LogP contribution in [0.3, 0.4) is 0 Å². The molecule has 0 aromatic carbocycles. The van der Waals surface area contributed by atoms with Gasteiger partial charge in [-0.05, 0) is 47.7 Å². The smallest absolute Gasteiger partial charge is 0.143 e. The number of hydrogen-bond donors (Lipinski definition) is 0. The van der Waals surface area contributed by atoms with Crippen molar-refractivity contribution < 1.29 is 0 Å². The van der Waals surface area contributed by atoms with Gasteiger partial charge < -0.3 is 4.90 Å². The maximum atomic E-state index is 6.08. The molecule has 0 unspecified atom stereocenters. The van der Waals surface area contributed by atoms with E-state index in [1.54, 1.807) is 6.20 Å². The molecule has 0 N–H and O–H groups in total. The molecule has 21 heavy (non-hydrogen) atoms. The fourth-order valence-corrected chi connectivity index (χ4v) is 4.80. The fourth-order valence-electron chi connectivity index (χ4n) is 3.96. The molecule has 0 radical (unpaired) electrons. The Kier molecular flexibility index (Phi) is 5.44. The second kappa shape index (κ2) is 7.32. The number of hydrogen-bond acceptors (Lipinski definition) is 2. The third-order valence-electron chi connectivity index (χ3n) is 4.97. The Hall–Kier alpha value is -0.280. The van der Waals surface area contributed by atoms with Gasteiger partial charge in [-0.2, -0.15) is 0 Å². The molecule has 116 valence electrons. The molecule has 2 saturated carbocycles. The number of anilines is 1. The van der Waals surface area contributed by atoms with Crippen LogP contribution in [0, 0.1) is 0 Å². The maximum Gasteiger partial charge on any atom is 0.143 e. The molecule has 1 heterocycles. The lowest BCUT2D eigenvalue weighted by Gasteiger charge is -2.43. The second-order valence-electron chi connectivity index (χ2n) is 6.45. The van der Waals surface area contributed by atoms with Gasteiger partial charge in [0.25, 0.3) is 0 Å². The van der Waals surface area contributed by atoms with Crippen LogP contribution in [0.5, 0.6) is 0 Å². The summed E-state index contributed by atoms with van der Waals surface area (Å²) in [6.45, 7) is 0. The molecule has 2 nitrogen and oxygen atoms in total. The first kappa shape index (κ1) is 15.6. The molecule has 1 aromatic heterocycles. The Morgan fingerprint density at radius 3 is 1.95 bits per heavy atom. The van der Waals surface area contributed by atoms with Gasteiger partial charge in [0.1, 0.15) is 5.82 Å². The zero-order chi connectivity index (χ0) is 14.7. The van der Waals surface area contributed by atoms with E-state index >= 15 is 0 Å². The Morgan fingerprint density at radius 1 is 0.952 bits per heavy atom. The van der Waals surface area contributed by atoms with E-state index in [0.29, 0.717) is 17.1 Å². The minimum atomic E-state index is 0.659. The van der Waals surface area contributed by atoms with Crippen molar-refractivity contribution in [1.29, 1.82) is 0 Å². The lowest BCUT2D eigenvalue weighted by molar-refractivity contribution is 0.337. The molecule has 0 aliphatic heterocycles. The lowest BCUT2D eigenvalue weighted by Crippen LogP contribution is -2.46. The summed E-state index contributed by atoms with van der Waals surface area (Å²) in [6, 6.07) is 3.31. The van der Waals surface area contributed by atoms with Gasteiger partial charge in [-0.3, -0.25) is 0 Å². The van der Waals surface area contributed by atoms with E-state index in [1.807, 2.05) is 6.07 Å². The highest BCUT2D eigenvalue weighted by molar-refractivity contribution is 9.10. The van der Waals surface area contributed by atoms with Gasteiger partial charge in [0.2, 0.25) is 0 Å². The number of halogens is 2. The van der Waals surface area contributed by atoms with Gasteiger partial charge in [0, 0.05) is 18.3 Å². The monoisotopic (exact) mass is 370 g/mol. The van der Waals surface area contributed by atoms with Crippen LogP contribution in [0.1, 0.15) is 64.2 Å². The quantitative estimate of drug-likeness (QED) is 0.650. The Labute approximate surface area is 141 Å². The van der Waals surface area contributed by atoms with Gasteiger partial charge >= 0.3 is 0 Å². The molecule has 4 heteroatoms. The molecule has 0 amide bonds. The first-order valence-corrected chi connectivity index (χ1v) is 9.52. The van der Waals surface area contributed by atoms with Crippen molar-refractivity contribution in [3.8, 4) is 0 Å². The highest BCUT2D eigenvalue weighted by Crippen LogP contribution is 2.37. The van der Waals surface area contributed by atoms with Gasteiger partial charge in [-0.15, -0.1) is 0 Å². The molecule has 2 aliphatic rings. The van der Waals surface area contributed by atoms with Gasteiger partial charge in [-0.25, -0.2) is 4.98 Å². The summed E-state index contributed by atoms with van der Waals surface area (Å²) in [7, 11) is 0. The molecular formula is C17H24BrClN2. The summed E-state index contributed by atoms with van der Waals surface area (Å²) >= 11 is 9.77. The number of nitrogens with zero attached hydrogens (tertiary/aromatic N) is 2. The maximum absolute atomic E-state index is 6.08. The van der Waals surface area contributed by atoms with Crippen LogP contribution in [0.25, 0.3) is 0 Å². The summed E-state index contributed by atoms with van der Waals surface area (Å²) in [5.74, 6) is 1.11. The molecular weight excluding hydrogens is 348 g/mol. The minimum absolute atomic E-state index is 0.659. The van der Waals surface area contributed by atoms with Crippen molar-refractivity contribution in [1.82, 2.24) is 4.98 Å². The summed E-state index contributed by atoms with van der Waals surface area (Å²) < 4.78 is 1.05. The average Bonchev–Trinajstić information content (AvgIpc) is 2.52. The number of aromatic nitrogens is 1. The molecule has 0 spiro atoms. The Morgan fingerprint density at radius 2 is 1.48 bits per heavy atom. The first-order valence-electron chi connectivity index (χ1n) is 8.35. The second-order valence-corrected chi connectivity index (χ2v) is 7.74. The van der Waals surface area contributed by atoms with E-state index in [-0.39, 0.29) is 0 Å². The van der Waals surface area contributed by atoms with Crippen LogP contribution < -0.4 is 4.90 Å². The lowest BCUT2D eigenvalue weighted by atomic mass is 9.88. The fraction of sp³-hybridized carbons (Fsp3) is 0.706. The summed E-state index contributed by atoms with van der Waals surface area (Å²) in [4.78, 5) is 7.31. The minimum Gasteiger partial charge on any atom is -0.350 e. The molecule has 1 aromatic rings. The van der Waals surface area contributed by atoms with Gasteiger partial charge in [0.15, 0.2) is 0 Å². The van der Waals surface area contributed by atoms with Crippen LogP contribution in [-0.4, -0.2) is 17.1 Å². The first-order chi connectivity index (χ1) is 10.3. The molecule has 0 bridgehead atoms. The van der Waals surface area contributed by atoms with Gasteiger partial charge in [-0.1, -0.05) is 50.1 Å². The van der Waals surface area contributed by atoms with Crippen LogP contribution in [0.2, 0.25) is 5.02 Å². The SMILES string of the molecule is Clc1cnc(N(C2CCCCC2)C2CCCCC2)c(Br)c1. The average molecular weight is 372 g/mol. The predicted molar refractivity (Wildman–Crippen MR) is 93.2 cm³/mol. The topological polar surface area (TPSA) is 16.1 Å². The zero-order valence-corrected chi connectivity index (χ0v) is 14.9. The van der Waals surface area contributed by atoms with Gasteiger partial charge in [0.05, 0.1) is 9.50 Å². The van der Waals surface area contributed by atoms with E-state index < -0.39 is 0 Å². The van der Waals surface area contributed by atoms with Crippen molar-refractivity contribution >= 4 is 33.3 Å². The van der Waals surface area contributed by atoms with Crippen molar-refractivity contribution in [2.45, 2.75) is 76.3 Å². The normalized spacial score (nSPS) is 21.4. The van der Waals surface area contributed by atoms with E-state index in [9.17, 15) is 0 Å². The standard InChI is InChI=1S/C17H24BrClN2/c18-16-11-13(19)12-20-17(16)21(14-7-3-1-4-8-14)15-9-5-2-6-10-15/h11-12,14-15H,1-10H2.